The molecular formula is C15H22N2O2. The van der Waals surface area contributed by atoms with E-state index >= 15 is 0 Å². The van der Waals surface area contributed by atoms with Gasteiger partial charge in [-0.1, -0.05) is 18.2 Å². The molecule has 4 heteroatoms. The zero-order chi connectivity index (χ0) is 13.7. The highest BCUT2D eigenvalue weighted by Gasteiger charge is 2.18. The number of carbonyl (C=O) groups excluding carboxylic acids is 1. The van der Waals surface area contributed by atoms with Crippen LogP contribution in [0.1, 0.15) is 44.2 Å². The highest BCUT2D eigenvalue weighted by atomic mass is 16.5. The molecule has 0 radical (unpaired) electrons. The summed E-state index contributed by atoms with van der Waals surface area (Å²) in [6.07, 6.45) is 3.71. The predicted molar refractivity (Wildman–Crippen MR) is 75.9 cm³/mol. The summed E-state index contributed by atoms with van der Waals surface area (Å²) in [6, 6.07) is 7.56. The molecule has 1 fully saturated rings. The summed E-state index contributed by atoms with van der Waals surface area (Å²) < 4.78 is 5.58. The van der Waals surface area contributed by atoms with E-state index in [4.69, 9.17) is 10.5 Å². The van der Waals surface area contributed by atoms with Crippen LogP contribution >= 0.6 is 0 Å². The minimum Gasteiger partial charge on any atom is -0.378 e. The Morgan fingerprint density at radius 2 is 2.26 bits per heavy atom. The molecule has 0 aliphatic carbocycles. The van der Waals surface area contributed by atoms with Crippen molar-refractivity contribution in [2.45, 2.75) is 44.8 Å². The van der Waals surface area contributed by atoms with Crippen LogP contribution in [0.3, 0.4) is 0 Å². The van der Waals surface area contributed by atoms with Crippen LogP contribution in [0.25, 0.3) is 0 Å². The van der Waals surface area contributed by atoms with Gasteiger partial charge in [0.05, 0.1) is 12.5 Å². The van der Waals surface area contributed by atoms with Crippen molar-refractivity contribution < 1.29 is 9.53 Å². The van der Waals surface area contributed by atoms with Crippen LogP contribution in [-0.4, -0.2) is 18.6 Å². The van der Waals surface area contributed by atoms with Gasteiger partial charge in [0, 0.05) is 18.3 Å². The second kappa shape index (κ2) is 6.68. The molecule has 1 aliphatic rings. The number of hydrogen-bond acceptors (Lipinski definition) is 3. The first-order valence-corrected chi connectivity index (χ1v) is 6.93. The van der Waals surface area contributed by atoms with Gasteiger partial charge in [-0.15, -0.1) is 0 Å². The van der Waals surface area contributed by atoms with Crippen molar-refractivity contribution in [2.75, 3.05) is 11.9 Å². The van der Waals surface area contributed by atoms with Gasteiger partial charge in [-0.25, -0.2) is 0 Å². The Hall–Kier alpha value is -1.39. The molecule has 1 saturated heterocycles. The van der Waals surface area contributed by atoms with E-state index < -0.39 is 0 Å². The van der Waals surface area contributed by atoms with Crippen molar-refractivity contribution in [3.8, 4) is 0 Å². The molecule has 19 heavy (non-hydrogen) atoms. The molecule has 1 aromatic carbocycles. The number of benzene rings is 1. The third-order valence-electron chi connectivity index (χ3n) is 3.41. The molecule has 3 N–H and O–H groups in total. The second-order valence-electron chi connectivity index (χ2n) is 5.12. The van der Waals surface area contributed by atoms with Gasteiger partial charge in [0.2, 0.25) is 5.91 Å². The molecule has 2 atom stereocenters. The molecule has 104 valence electrons. The third-order valence-corrected chi connectivity index (χ3v) is 3.41. The molecule has 1 heterocycles. The topological polar surface area (TPSA) is 64.3 Å². The molecule has 0 spiro atoms. The Labute approximate surface area is 114 Å². The Morgan fingerprint density at radius 3 is 2.95 bits per heavy atom. The minimum atomic E-state index is -0.0950. The van der Waals surface area contributed by atoms with E-state index in [1.165, 1.54) is 0 Å². The first-order valence-electron chi connectivity index (χ1n) is 6.93. The summed E-state index contributed by atoms with van der Waals surface area (Å²) in [5, 5.41) is 2.94. The van der Waals surface area contributed by atoms with Crippen LogP contribution in [0.15, 0.2) is 24.3 Å². The van der Waals surface area contributed by atoms with Crippen molar-refractivity contribution in [1.82, 2.24) is 0 Å². The minimum absolute atomic E-state index is 0. The lowest BCUT2D eigenvalue weighted by atomic mass is 10.0. The van der Waals surface area contributed by atoms with E-state index in [0.29, 0.717) is 6.42 Å². The van der Waals surface area contributed by atoms with Gasteiger partial charge in [-0.3, -0.25) is 4.79 Å². The van der Waals surface area contributed by atoms with Gasteiger partial charge < -0.3 is 15.8 Å². The second-order valence-corrected chi connectivity index (χ2v) is 5.12. The van der Waals surface area contributed by atoms with Crippen LogP contribution in [0.4, 0.5) is 5.69 Å². The molecule has 1 aliphatic heterocycles. The first kappa shape index (κ1) is 14.0. The third kappa shape index (κ3) is 4.04. The quantitative estimate of drug-likeness (QED) is 0.876. The Balaban J connectivity index is 1.94. The van der Waals surface area contributed by atoms with Gasteiger partial charge in [0.25, 0.3) is 0 Å². The van der Waals surface area contributed by atoms with Gasteiger partial charge >= 0.3 is 0 Å². The number of para-hydroxylation sites is 1. The lowest BCUT2D eigenvalue weighted by Crippen LogP contribution is -2.26. The zero-order valence-electron chi connectivity index (χ0n) is 11.4. The number of ether oxygens (including phenoxy) is 1. The summed E-state index contributed by atoms with van der Waals surface area (Å²) in [5.74, 6) is 0. The number of nitrogens with two attached hydrogens (primary N) is 1. The van der Waals surface area contributed by atoms with E-state index in [1.54, 1.807) is 0 Å². The lowest BCUT2D eigenvalue weighted by Gasteiger charge is -2.22. The van der Waals surface area contributed by atoms with Crippen LogP contribution in [0.2, 0.25) is 0 Å². The molecular weight excluding hydrogens is 240 g/mol. The Morgan fingerprint density at radius 1 is 1.47 bits per heavy atom. The number of anilines is 1. The molecule has 1 aromatic rings. The normalized spacial score (nSPS) is 20.8. The monoisotopic (exact) mass is 262 g/mol. The van der Waals surface area contributed by atoms with E-state index in [0.717, 1.165) is 37.1 Å². The van der Waals surface area contributed by atoms with Crippen molar-refractivity contribution in [1.29, 1.82) is 0 Å². The maximum atomic E-state index is 12.0. The van der Waals surface area contributed by atoms with Gasteiger partial charge in [-0.2, -0.15) is 0 Å². The van der Waals surface area contributed by atoms with Gasteiger partial charge in [0.15, 0.2) is 0 Å². The SMILES string of the molecule is CC(N)c1ccccc1NC(=O)CC1CCCCO1. The average Bonchev–Trinajstić information content (AvgIpc) is 2.40. The number of nitrogens with one attached hydrogen (secondary N) is 1. The van der Waals surface area contributed by atoms with E-state index in [2.05, 4.69) is 5.32 Å². The fraction of sp³-hybridized carbons (Fsp3) is 0.533. The number of carbonyl (C=O) groups is 1. The molecule has 1 amide bonds. The summed E-state index contributed by atoms with van der Waals surface area (Å²) in [7, 11) is 0. The predicted octanol–water partition coefficient (Wildman–Crippen LogP) is 2.60. The lowest BCUT2D eigenvalue weighted by molar-refractivity contribution is -0.119. The van der Waals surface area contributed by atoms with Crippen LogP contribution < -0.4 is 11.1 Å². The van der Waals surface area contributed by atoms with Crippen LogP contribution in [-0.2, 0) is 9.53 Å². The Kier molecular flexibility index (Phi) is 4.93. The van der Waals surface area contributed by atoms with E-state index in [9.17, 15) is 4.79 Å². The van der Waals surface area contributed by atoms with Crippen molar-refractivity contribution in [3.63, 3.8) is 0 Å². The number of amides is 1. The summed E-state index contributed by atoms with van der Waals surface area (Å²) in [5.41, 5.74) is 7.66. The zero-order valence-corrected chi connectivity index (χ0v) is 11.4. The molecule has 4 nitrogen and oxygen atoms in total. The van der Waals surface area contributed by atoms with Crippen molar-refractivity contribution in [3.05, 3.63) is 29.8 Å². The van der Waals surface area contributed by atoms with Gasteiger partial charge in [0.1, 0.15) is 0 Å². The number of hydrogen-bond donors (Lipinski definition) is 2. The number of rotatable bonds is 4. The highest BCUT2D eigenvalue weighted by Crippen LogP contribution is 2.22. The fourth-order valence-corrected chi connectivity index (χ4v) is 2.38. The molecule has 0 bridgehead atoms. The van der Waals surface area contributed by atoms with Crippen molar-refractivity contribution in [2.24, 2.45) is 5.73 Å². The summed E-state index contributed by atoms with van der Waals surface area (Å²) in [6.45, 7) is 2.68. The molecule has 0 saturated carbocycles. The fourth-order valence-electron chi connectivity index (χ4n) is 2.38. The molecule has 0 aromatic heterocycles. The maximum absolute atomic E-state index is 12.0. The highest BCUT2D eigenvalue weighted by molar-refractivity contribution is 5.91. The van der Waals surface area contributed by atoms with Crippen molar-refractivity contribution >= 4 is 11.6 Å². The largest absolute Gasteiger partial charge is 0.378 e. The molecule has 2 unspecified atom stereocenters. The average molecular weight is 262 g/mol. The van der Waals surface area contributed by atoms with E-state index in [-0.39, 0.29) is 18.1 Å². The van der Waals surface area contributed by atoms with Gasteiger partial charge in [-0.05, 0) is 37.8 Å². The van der Waals surface area contributed by atoms with Crippen LogP contribution in [0.5, 0.6) is 0 Å². The maximum Gasteiger partial charge on any atom is 0.226 e. The first-order chi connectivity index (χ1) is 9.16. The summed E-state index contributed by atoms with van der Waals surface area (Å²) in [4.78, 5) is 12.0. The molecule has 2 rings (SSSR count). The standard InChI is InChI=1S/C15H22N2O2/c1-11(16)13-7-2-3-8-14(13)17-15(18)10-12-6-4-5-9-19-12/h2-3,7-8,11-12H,4-6,9-10,16H2,1H3,(H,17,18). The van der Waals surface area contributed by atoms with Crippen LogP contribution in [0, 0.1) is 0 Å². The van der Waals surface area contributed by atoms with E-state index in [1.807, 2.05) is 31.2 Å². The summed E-state index contributed by atoms with van der Waals surface area (Å²) >= 11 is 0. The Bertz CT molecular complexity index is 426. The smallest absolute Gasteiger partial charge is 0.226 e.